The molecular formula is C11H15ClN2. The van der Waals surface area contributed by atoms with E-state index in [4.69, 9.17) is 11.6 Å². The number of alkyl halides is 1. The summed E-state index contributed by atoms with van der Waals surface area (Å²) in [6, 6.07) is 4.33. The molecule has 1 aromatic heterocycles. The molecule has 14 heavy (non-hydrogen) atoms. The molecule has 0 saturated heterocycles. The van der Waals surface area contributed by atoms with Crippen molar-refractivity contribution in [1.29, 1.82) is 0 Å². The Labute approximate surface area is 90.0 Å². The first kappa shape index (κ1) is 11.2. The lowest BCUT2D eigenvalue weighted by atomic mass is 10.1. The van der Waals surface area contributed by atoms with Crippen molar-refractivity contribution < 1.29 is 0 Å². The molecule has 1 atom stereocenters. The van der Waals surface area contributed by atoms with Crippen LogP contribution in [0.1, 0.15) is 18.5 Å². The molecule has 0 amide bonds. The highest BCUT2D eigenvalue weighted by Gasteiger charge is 2.01. The van der Waals surface area contributed by atoms with E-state index in [9.17, 15) is 0 Å². The van der Waals surface area contributed by atoms with Crippen molar-refractivity contribution in [2.24, 2.45) is 0 Å². The smallest absolute Gasteiger partial charge is 0.0404 e. The van der Waals surface area contributed by atoms with Crippen LogP contribution >= 0.6 is 11.6 Å². The zero-order chi connectivity index (χ0) is 10.2. The lowest BCUT2D eigenvalue weighted by Crippen LogP contribution is -2.18. The van der Waals surface area contributed by atoms with E-state index in [2.05, 4.69) is 23.3 Å². The Bertz CT molecular complexity index is 272. The first-order valence-electron chi connectivity index (χ1n) is 4.69. The summed E-state index contributed by atoms with van der Waals surface area (Å²) < 4.78 is 0. The molecule has 0 saturated carbocycles. The zero-order valence-electron chi connectivity index (χ0n) is 8.28. The minimum atomic E-state index is 0.323. The highest BCUT2D eigenvalue weighted by atomic mass is 35.5. The Hall–Kier alpha value is -0.860. The van der Waals surface area contributed by atoms with Gasteiger partial charge in [-0.1, -0.05) is 18.2 Å². The molecule has 2 nitrogen and oxygen atoms in total. The SMILES string of the molecule is C[C@@H](NC/C=C/CCl)c1cccnc1. The van der Waals surface area contributed by atoms with Gasteiger partial charge in [0.2, 0.25) is 0 Å². The first-order valence-corrected chi connectivity index (χ1v) is 5.22. The third-order valence-electron chi connectivity index (χ3n) is 1.98. The van der Waals surface area contributed by atoms with Crippen LogP contribution in [0.15, 0.2) is 36.7 Å². The van der Waals surface area contributed by atoms with E-state index in [0.29, 0.717) is 11.9 Å². The van der Waals surface area contributed by atoms with Crippen molar-refractivity contribution in [2.45, 2.75) is 13.0 Å². The largest absolute Gasteiger partial charge is 0.307 e. The molecule has 1 aromatic rings. The van der Waals surface area contributed by atoms with Crippen LogP contribution < -0.4 is 5.32 Å². The molecule has 0 aliphatic rings. The van der Waals surface area contributed by atoms with Gasteiger partial charge in [-0.3, -0.25) is 4.98 Å². The maximum absolute atomic E-state index is 5.51. The van der Waals surface area contributed by atoms with Gasteiger partial charge in [0.15, 0.2) is 0 Å². The van der Waals surface area contributed by atoms with Crippen molar-refractivity contribution >= 4 is 11.6 Å². The van der Waals surface area contributed by atoms with E-state index in [1.807, 2.05) is 24.4 Å². The molecule has 76 valence electrons. The van der Waals surface area contributed by atoms with Crippen LogP contribution in [0, 0.1) is 0 Å². The van der Waals surface area contributed by atoms with Crippen molar-refractivity contribution in [2.75, 3.05) is 12.4 Å². The van der Waals surface area contributed by atoms with Crippen molar-refractivity contribution in [3.63, 3.8) is 0 Å². The molecule has 0 aliphatic heterocycles. The average Bonchev–Trinajstić information content (AvgIpc) is 2.25. The fourth-order valence-electron chi connectivity index (χ4n) is 1.14. The lowest BCUT2D eigenvalue weighted by Gasteiger charge is -2.11. The number of nitrogens with one attached hydrogen (secondary N) is 1. The van der Waals surface area contributed by atoms with E-state index in [0.717, 1.165) is 6.54 Å². The van der Waals surface area contributed by atoms with Gasteiger partial charge in [0.05, 0.1) is 0 Å². The van der Waals surface area contributed by atoms with E-state index in [1.165, 1.54) is 5.56 Å². The molecule has 1 rings (SSSR count). The van der Waals surface area contributed by atoms with E-state index >= 15 is 0 Å². The highest BCUT2D eigenvalue weighted by molar-refractivity contribution is 6.18. The number of hydrogen-bond donors (Lipinski definition) is 1. The van der Waals surface area contributed by atoms with Crippen LogP contribution in [-0.4, -0.2) is 17.4 Å². The third kappa shape index (κ3) is 3.90. The number of pyridine rings is 1. The second-order valence-corrected chi connectivity index (χ2v) is 3.35. The average molecular weight is 211 g/mol. The number of rotatable bonds is 5. The number of halogens is 1. The van der Waals surface area contributed by atoms with E-state index in [1.54, 1.807) is 6.20 Å². The van der Waals surface area contributed by atoms with Crippen LogP contribution in [0.3, 0.4) is 0 Å². The van der Waals surface area contributed by atoms with Crippen LogP contribution in [0.25, 0.3) is 0 Å². The Balaban J connectivity index is 2.36. The molecule has 0 spiro atoms. The summed E-state index contributed by atoms with van der Waals surface area (Å²) in [5.74, 6) is 0.572. The summed E-state index contributed by atoms with van der Waals surface area (Å²) in [5, 5.41) is 3.35. The van der Waals surface area contributed by atoms with Crippen LogP contribution in [0.4, 0.5) is 0 Å². The topological polar surface area (TPSA) is 24.9 Å². The van der Waals surface area contributed by atoms with Gasteiger partial charge in [-0.25, -0.2) is 0 Å². The van der Waals surface area contributed by atoms with Crippen molar-refractivity contribution in [3.05, 3.63) is 42.2 Å². The molecular weight excluding hydrogens is 196 g/mol. The Morgan fingerprint density at radius 1 is 1.57 bits per heavy atom. The van der Waals surface area contributed by atoms with Crippen LogP contribution in [-0.2, 0) is 0 Å². The summed E-state index contributed by atoms with van der Waals surface area (Å²) in [6.07, 6.45) is 7.62. The highest BCUT2D eigenvalue weighted by Crippen LogP contribution is 2.08. The summed E-state index contributed by atoms with van der Waals surface area (Å²) in [5.41, 5.74) is 1.20. The summed E-state index contributed by atoms with van der Waals surface area (Å²) in [7, 11) is 0. The minimum absolute atomic E-state index is 0.323. The van der Waals surface area contributed by atoms with Gasteiger partial charge in [-0.05, 0) is 18.6 Å². The first-order chi connectivity index (χ1) is 6.84. The second kappa shape index (κ2) is 6.57. The molecule has 0 aliphatic carbocycles. The molecule has 3 heteroatoms. The lowest BCUT2D eigenvalue weighted by molar-refractivity contribution is 0.615. The zero-order valence-corrected chi connectivity index (χ0v) is 9.04. The summed E-state index contributed by atoms with van der Waals surface area (Å²) in [6.45, 7) is 2.95. The fraction of sp³-hybridized carbons (Fsp3) is 0.364. The van der Waals surface area contributed by atoms with Gasteiger partial charge in [0, 0.05) is 30.9 Å². The molecule has 0 aromatic carbocycles. The van der Waals surface area contributed by atoms with E-state index < -0.39 is 0 Å². The van der Waals surface area contributed by atoms with Crippen molar-refractivity contribution in [1.82, 2.24) is 10.3 Å². The van der Waals surface area contributed by atoms with Gasteiger partial charge in [0.1, 0.15) is 0 Å². The van der Waals surface area contributed by atoms with Gasteiger partial charge < -0.3 is 5.32 Å². The van der Waals surface area contributed by atoms with Gasteiger partial charge in [-0.15, -0.1) is 11.6 Å². The second-order valence-electron chi connectivity index (χ2n) is 3.04. The molecule has 0 unspecified atom stereocenters. The Kier molecular flexibility index (Phi) is 5.27. The molecule has 0 radical (unpaired) electrons. The standard InChI is InChI=1S/C11H15ClN2/c1-10(14-8-3-2-6-12)11-5-4-7-13-9-11/h2-5,7,9-10,14H,6,8H2,1H3/b3-2+/t10-/m1/s1. The predicted molar refractivity (Wildman–Crippen MR) is 60.5 cm³/mol. The maximum Gasteiger partial charge on any atom is 0.0404 e. The van der Waals surface area contributed by atoms with Crippen molar-refractivity contribution in [3.8, 4) is 0 Å². The Morgan fingerprint density at radius 2 is 2.43 bits per heavy atom. The third-order valence-corrected chi connectivity index (χ3v) is 2.16. The molecule has 1 N–H and O–H groups in total. The number of aromatic nitrogens is 1. The molecule has 0 fully saturated rings. The maximum atomic E-state index is 5.51. The molecule has 1 heterocycles. The number of hydrogen-bond acceptors (Lipinski definition) is 2. The van der Waals surface area contributed by atoms with Gasteiger partial charge in [-0.2, -0.15) is 0 Å². The molecule has 0 bridgehead atoms. The van der Waals surface area contributed by atoms with Crippen LogP contribution in [0.2, 0.25) is 0 Å². The number of nitrogens with zero attached hydrogens (tertiary/aromatic N) is 1. The predicted octanol–water partition coefficient (Wildman–Crippen LogP) is 2.53. The Morgan fingerprint density at radius 3 is 3.07 bits per heavy atom. The van der Waals surface area contributed by atoms with Gasteiger partial charge >= 0.3 is 0 Å². The monoisotopic (exact) mass is 210 g/mol. The summed E-state index contributed by atoms with van der Waals surface area (Å²) >= 11 is 5.51. The normalized spacial score (nSPS) is 13.3. The summed E-state index contributed by atoms with van der Waals surface area (Å²) in [4.78, 5) is 4.07. The fourth-order valence-corrected chi connectivity index (χ4v) is 1.27. The van der Waals surface area contributed by atoms with Gasteiger partial charge in [0.25, 0.3) is 0 Å². The minimum Gasteiger partial charge on any atom is -0.307 e. The van der Waals surface area contributed by atoms with E-state index in [-0.39, 0.29) is 0 Å². The van der Waals surface area contributed by atoms with Crippen LogP contribution in [0.5, 0.6) is 0 Å². The number of allylic oxidation sites excluding steroid dienone is 1. The quantitative estimate of drug-likeness (QED) is 0.597.